The predicted octanol–water partition coefficient (Wildman–Crippen LogP) is -1.10. The summed E-state index contributed by atoms with van der Waals surface area (Å²) in [4.78, 5) is 75.1. The number of fused-ring (bicyclic) bond motifs is 2. The Balaban J connectivity index is 2.43. The maximum atomic E-state index is 13.1. The van der Waals surface area contributed by atoms with Gasteiger partial charge in [-0.3, -0.25) is 34.2 Å². The molecule has 1 unspecified atom stereocenters. The van der Waals surface area contributed by atoms with Crippen molar-refractivity contribution in [3.8, 4) is 0 Å². The summed E-state index contributed by atoms with van der Waals surface area (Å²) in [5.74, 6) is -5.70. The van der Waals surface area contributed by atoms with Gasteiger partial charge in [0.15, 0.2) is 0 Å². The van der Waals surface area contributed by atoms with Gasteiger partial charge in [0, 0.05) is 24.9 Å². The van der Waals surface area contributed by atoms with Gasteiger partial charge in [0.05, 0.1) is 25.0 Å². The third-order valence-electron chi connectivity index (χ3n) is 5.61. The number of nitrogens with one attached hydrogen (secondary N) is 4. The molecule has 2 rings (SSSR count). The van der Waals surface area contributed by atoms with Gasteiger partial charge in [0.1, 0.15) is 6.04 Å². The fourth-order valence-corrected chi connectivity index (χ4v) is 3.94. The summed E-state index contributed by atoms with van der Waals surface area (Å²) >= 11 is 4.18. The molecule has 196 valence electrons. The molecular weight excluding hydrogens is 490 g/mol. The highest BCUT2D eigenvalue weighted by molar-refractivity contribution is 7.80. The lowest BCUT2D eigenvalue weighted by atomic mass is 9.94. The van der Waals surface area contributed by atoms with Crippen molar-refractivity contribution in [2.24, 2.45) is 5.92 Å². The van der Waals surface area contributed by atoms with E-state index in [9.17, 15) is 28.8 Å². The number of rotatable bonds is 4. The maximum absolute atomic E-state index is 13.1. The average Bonchev–Trinajstić information content (AvgIpc) is 2.83. The minimum atomic E-state index is -1.39. The van der Waals surface area contributed by atoms with E-state index < -0.39 is 66.1 Å². The van der Waals surface area contributed by atoms with Gasteiger partial charge >= 0.3 is 5.97 Å². The van der Waals surface area contributed by atoms with Crippen molar-refractivity contribution in [3.05, 3.63) is 35.4 Å². The Morgan fingerprint density at radius 2 is 1.83 bits per heavy atom. The lowest BCUT2D eigenvalue weighted by Crippen LogP contribution is -2.59. The number of Topliss-reactive ketones (excluding diaryl/α,β-unsaturated/α-hetero) is 4. The Labute approximate surface area is 213 Å². The van der Waals surface area contributed by atoms with E-state index in [4.69, 9.17) is 5.11 Å². The second kappa shape index (κ2) is 13.4. The summed E-state index contributed by atoms with van der Waals surface area (Å²) in [5.41, 5.74) is 8.84. The molecule has 1 amide bonds. The first-order valence-corrected chi connectivity index (χ1v) is 11.9. The molecule has 0 radical (unpaired) electrons. The highest BCUT2D eigenvalue weighted by Crippen LogP contribution is 2.13. The molecule has 13 heteroatoms. The van der Waals surface area contributed by atoms with Crippen LogP contribution in [0.4, 0.5) is 0 Å². The lowest BCUT2D eigenvalue weighted by molar-refractivity contribution is -0.142. The molecule has 1 heterocycles. The zero-order chi connectivity index (χ0) is 27.0. The highest BCUT2D eigenvalue weighted by atomic mass is 32.1. The number of thiol groups is 1. The fraction of sp³-hybridized carbons (Fsp3) is 0.478. The van der Waals surface area contributed by atoms with Crippen LogP contribution in [-0.2, 0) is 30.5 Å². The number of hydrazine groups is 2. The van der Waals surface area contributed by atoms with Gasteiger partial charge in [-0.05, 0) is 17.5 Å². The number of amides is 1. The summed E-state index contributed by atoms with van der Waals surface area (Å²) in [6, 6.07) is 2.96. The number of carbonyl (C=O) groups is 6. The number of likely N-dealkylation sites (N-methyl/N-ethyl adjacent to an activating group) is 1. The van der Waals surface area contributed by atoms with Gasteiger partial charge in [-0.25, -0.2) is 15.9 Å². The fourth-order valence-electron chi connectivity index (χ4n) is 3.53. The summed E-state index contributed by atoms with van der Waals surface area (Å²) in [6.45, 7) is 2.91. The number of carbonyl (C=O) groups excluding carboxylic acids is 5. The topological polar surface area (TPSA) is 174 Å². The molecule has 2 bridgehead atoms. The number of benzene rings is 1. The number of nitrogens with zero attached hydrogens (tertiary/aromatic N) is 1. The highest BCUT2D eigenvalue weighted by Gasteiger charge is 2.33. The van der Waals surface area contributed by atoms with Crippen LogP contribution in [-0.4, -0.2) is 82.6 Å². The van der Waals surface area contributed by atoms with Crippen LogP contribution in [0.2, 0.25) is 0 Å². The predicted molar refractivity (Wildman–Crippen MR) is 132 cm³/mol. The number of carboxylic acids is 1. The Morgan fingerprint density at radius 1 is 1.14 bits per heavy atom. The van der Waals surface area contributed by atoms with Gasteiger partial charge in [0.25, 0.3) is 0 Å². The van der Waals surface area contributed by atoms with Crippen LogP contribution in [0.5, 0.6) is 0 Å². The van der Waals surface area contributed by atoms with Gasteiger partial charge in [0.2, 0.25) is 29.0 Å². The van der Waals surface area contributed by atoms with Crippen molar-refractivity contribution < 1.29 is 33.9 Å². The van der Waals surface area contributed by atoms with Gasteiger partial charge < -0.3 is 10.4 Å². The molecule has 1 aliphatic rings. The van der Waals surface area contributed by atoms with E-state index in [0.29, 0.717) is 5.56 Å². The van der Waals surface area contributed by atoms with Crippen LogP contribution in [0.3, 0.4) is 0 Å². The van der Waals surface area contributed by atoms with Gasteiger partial charge in [-0.1, -0.05) is 32.0 Å². The van der Waals surface area contributed by atoms with E-state index in [1.807, 2.05) is 0 Å². The molecule has 0 fully saturated rings. The summed E-state index contributed by atoms with van der Waals surface area (Å²) < 4.78 is 0. The Morgan fingerprint density at radius 3 is 2.44 bits per heavy atom. The molecule has 5 N–H and O–H groups in total. The monoisotopic (exact) mass is 521 g/mol. The second-order valence-corrected chi connectivity index (χ2v) is 9.07. The van der Waals surface area contributed by atoms with Gasteiger partial charge in [-0.15, -0.1) is 0 Å². The van der Waals surface area contributed by atoms with Crippen LogP contribution < -0.4 is 21.6 Å². The third-order valence-corrected chi connectivity index (χ3v) is 5.96. The standard InChI is InChI=1S/C23H31N5O7S/c1-12(2)19-22(34)20(32)14-6-4-5-13(7-14)9-25-26-15(8-18(30)31)21(33)17(29)10-24-23(35)16(11-36)28(3)27-19/h4-7,12,15-16,19,25-27,36H,8-11H2,1-3H3,(H,24,35)(H,30,31)/t15-,16?,19-/m0/s1. The molecule has 0 saturated heterocycles. The number of hydrogen-bond donors (Lipinski definition) is 6. The molecule has 0 saturated carbocycles. The van der Waals surface area contributed by atoms with Crippen LogP contribution >= 0.6 is 12.6 Å². The zero-order valence-electron chi connectivity index (χ0n) is 20.2. The Hall–Kier alpha value is -2.97. The van der Waals surface area contributed by atoms with Crippen LogP contribution in [0.25, 0.3) is 0 Å². The van der Waals surface area contributed by atoms with Crippen LogP contribution in [0.15, 0.2) is 24.3 Å². The number of carboxylic acid groups (broad SMARTS) is 1. The maximum Gasteiger partial charge on any atom is 0.305 e. The van der Waals surface area contributed by atoms with Crippen molar-refractivity contribution in [3.63, 3.8) is 0 Å². The molecule has 0 spiro atoms. The minimum absolute atomic E-state index is 0.0143. The Kier molecular flexibility index (Phi) is 10.9. The van der Waals surface area contributed by atoms with E-state index in [1.165, 1.54) is 24.2 Å². The van der Waals surface area contributed by atoms with Gasteiger partial charge in [-0.2, -0.15) is 12.6 Å². The van der Waals surface area contributed by atoms with Crippen molar-refractivity contribution in [2.45, 2.75) is 44.9 Å². The Bertz CT molecular complexity index is 1030. The SMILES string of the molecule is CC(C)[C@@H]1NN(C)C(CS)C(=O)NCC(=O)C(=O)[C@H](CC(=O)O)NNCc2cccc(c2)C(=O)C1=O. The first-order valence-electron chi connectivity index (χ1n) is 11.3. The third kappa shape index (κ3) is 7.77. The van der Waals surface area contributed by atoms with E-state index in [2.05, 4.69) is 34.2 Å². The largest absolute Gasteiger partial charge is 0.481 e. The van der Waals surface area contributed by atoms with E-state index >= 15 is 0 Å². The van der Waals surface area contributed by atoms with Crippen molar-refractivity contribution in [1.82, 2.24) is 26.6 Å². The molecule has 3 atom stereocenters. The molecule has 12 nitrogen and oxygen atoms in total. The number of aliphatic carboxylic acids is 1. The van der Waals surface area contributed by atoms with Crippen LogP contribution in [0.1, 0.15) is 36.2 Å². The molecule has 0 aliphatic carbocycles. The van der Waals surface area contributed by atoms with Crippen molar-refractivity contribution in [2.75, 3.05) is 19.3 Å². The molecule has 0 aromatic heterocycles. The molecule has 1 aromatic rings. The minimum Gasteiger partial charge on any atom is -0.481 e. The number of hydrogen-bond acceptors (Lipinski definition) is 11. The zero-order valence-corrected chi connectivity index (χ0v) is 21.1. The molecular formula is C23H31N5O7S. The van der Waals surface area contributed by atoms with E-state index in [1.54, 1.807) is 26.0 Å². The molecule has 1 aromatic carbocycles. The summed E-state index contributed by atoms with van der Waals surface area (Å²) in [5, 5.41) is 12.8. The van der Waals surface area contributed by atoms with Crippen molar-refractivity contribution >= 4 is 47.6 Å². The lowest BCUT2D eigenvalue weighted by Gasteiger charge is -2.31. The van der Waals surface area contributed by atoms with E-state index in [0.717, 1.165) is 0 Å². The summed E-state index contributed by atoms with van der Waals surface area (Å²) in [6.07, 6.45) is -0.680. The van der Waals surface area contributed by atoms with E-state index in [-0.39, 0.29) is 23.8 Å². The quantitative estimate of drug-likeness (QED) is 0.210. The average molecular weight is 522 g/mol. The van der Waals surface area contributed by atoms with Crippen LogP contribution in [0, 0.1) is 5.92 Å². The summed E-state index contributed by atoms with van der Waals surface area (Å²) in [7, 11) is 1.50. The normalized spacial score (nSPS) is 23.8. The molecule has 36 heavy (non-hydrogen) atoms. The number of ketones is 4. The second-order valence-electron chi connectivity index (χ2n) is 8.71. The smallest absolute Gasteiger partial charge is 0.305 e. The first kappa shape index (κ1) is 29.3. The first-order chi connectivity index (χ1) is 17.0. The molecule has 1 aliphatic heterocycles. The van der Waals surface area contributed by atoms with Crippen molar-refractivity contribution in [1.29, 1.82) is 0 Å².